The Hall–Kier alpha value is -2.90. The fourth-order valence-electron chi connectivity index (χ4n) is 5.34. The molecule has 5 rings (SSSR count). The maximum absolute atomic E-state index is 13.3. The Kier molecular flexibility index (Phi) is 6.57. The van der Waals surface area contributed by atoms with Crippen molar-refractivity contribution in [3.8, 4) is 5.75 Å². The highest BCUT2D eigenvalue weighted by Gasteiger charge is 2.39. The molecule has 0 aliphatic carbocycles. The van der Waals surface area contributed by atoms with Crippen LogP contribution >= 0.6 is 0 Å². The monoisotopic (exact) mass is 462 g/mol. The minimum atomic E-state index is -0.0775. The van der Waals surface area contributed by atoms with Crippen LogP contribution in [0.5, 0.6) is 5.75 Å². The van der Waals surface area contributed by atoms with Crippen molar-refractivity contribution in [1.82, 2.24) is 20.0 Å². The summed E-state index contributed by atoms with van der Waals surface area (Å²) in [5.41, 5.74) is 2.81. The van der Waals surface area contributed by atoms with E-state index in [1.807, 2.05) is 41.1 Å². The number of methoxy groups -OCH3 is 1. The number of carbonyl (C=O) groups is 1. The maximum Gasteiger partial charge on any atom is 0.272 e. The molecule has 2 bridgehead atoms. The van der Waals surface area contributed by atoms with Crippen LogP contribution in [-0.2, 0) is 17.8 Å². The Morgan fingerprint density at radius 3 is 2.50 bits per heavy atom. The molecule has 1 N–H and O–H groups in total. The molecule has 3 aromatic rings. The van der Waals surface area contributed by atoms with Crippen LogP contribution < -0.4 is 10.1 Å². The van der Waals surface area contributed by atoms with Gasteiger partial charge in [0.05, 0.1) is 25.8 Å². The normalized spacial score (nSPS) is 22.8. The smallest absolute Gasteiger partial charge is 0.272 e. The molecule has 2 fully saturated rings. The van der Waals surface area contributed by atoms with E-state index in [1.165, 1.54) is 5.56 Å². The van der Waals surface area contributed by atoms with Crippen LogP contribution in [0.25, 0.3) is 10.9 Å². The molecule has 180 valence electrons. The van der Waals surface area contributed by atoms with Crippen molar-refractivity contribution in [2.45, 2.75) is 57.9 Å². The van der Waals surface area contributed by atoms with E-state index in [0.717, 1.165) is 42.6 Å². The van der Waals surface area contributed by atoms with E-state index >= 15 is 0 Å². The van der Waals surface area contributed by atoms with Gasteiger partial charge in [0.2, 0.25) is 0 Å². The van der Waals surface area contributed by atoms with Gasteiger partial charge in [0, 0.05) is 36.6 Å². The number of carbonyl (C=O) groups excluding carboxylic acids is 1. The lowest BCUT2D eigenvalue weighted by molar-refractivity contribution is -0.0843. The van der Waals surface area contributed by atoms with E-state index < -0.39 is 0 Å². The molecule has 3 atom stereocenters. The van der Waals surface area contributed by atoms with Gasteiger partial charge < -0.3 is 14.8 Å². The predicted octanol–water partition coefficient (Wildman–Crippen LogP) is 3.86. The van der Waals surface area contributed by atoms with Crippen molar-refractivity contribution >= 4 is 16.8 Å². The first-order valence-corrected chi connectivity index (χ1v) is 12.2. The number of hydrogen-bond acceptors (Lipinski definition) is 5. The predicted molar refractivity (Wildman–Crippen MR) is 132 cm³/mol. The van der Waals surface area contributed by atoms with Gasteiger partial charge in [-0.1, -0.05) is 44.2 Å². The van der Waals surface area contributed by atoms with Crippen LogP contribution in [0.4, 0.5) is 0 Å². The quantitative estimate of drug-likeness (QED) is 0.577. The topological polar surface area (TPSA) is 68.6 Å². The SMILES string of the molecule is COc1ccc(CN2[C@@H]3COC[C@H]2CC(NC(=O)c2nn(CC(C)C)c4ccccc24)C3)cc1. The molecular weight excluding hydrogens is 428 g/mol. The lowest BCUT2D eigenvalue weighted by Crippen LogP contribution is -2.60. The molecule has 0 spiro atoms. The summed E-state index contributed by atoms with van der Waals surface area (Å²) in [6, 6.07) is 17.0. The number of aromatic nitrogens is 2. The second kappa shape index (κ2) is 9.76. The number of para-hydroxylation sites is 1. The fraction of sp³-hybridized carbons (Fsp3) is 0.481. The van der Waals surface area contributed by atoms with Gasteiger partial charge in [0.1, 0.15) is 5.75 Å². The number of nitrogens with zero attached hydrogens (tertiary/aromatic N) is 3. The van der Waals surface area contributed by atoms with Crippen molar-refractivity contribution < 1.29 is 14.3 Å². The summed E-state index contributed by atoms with van der Waals surface area (Å²) >= 11 is 0. The molecule has 7 nitrogen and oxygen atoms in total. The number of fused-ring (bicyclic) bond motifs is 3. The molecule has 2 saturated heterocycles. The molecule has 2 aliphatic rings. The van der Waals surface area contributed by atoms with Gasteiger partial charge in [-0.25, -0.2) is 0 Å². The zero-order valence-corrected chi connectivity index (χ0v) is 20.2. The molecule has 0 radical (unpaired) electrons. The minimum Gasteiger partial charge on any atom is -0.497 e. The molecule has 3 heterocycles. The van der Waals surface area contributed by atoms with Gasteiger partial charge in [-0.2, -0.15) is 5.10 Å². The standard InChI is InChI=1S/C27H34N4O3/c1-18(2)14-31-25-7-5-4-6-24(25)26(29-31)27(32)28-20-12-21-16-34-17-22(13-20)30(21)15-19-8-10-23(33-3)11-9-19/h4-11,18,20-22H,12-17H2,1-3H3,(H,28,32)/t20?,21-,22+. The summed E-state index contributed by atoms with van der Waals surface area (Å²) in [5, 5.41) is 8.94. The summed E-state index contributed by atoms with van der Waals surface area (Å²) in [5.74, 6) is 1.25. The van der Waals surface area contributed by atoms with E-state index in [2.05, 4.69) is 36.2 Å². The lowest BCUT2D eigenvalue weighted by Gasteiger charge is -2.48. The summed E-state index contributed by atoms with van der Waals surface area (Å²) in [6.45, 7) is 7.40. The van der Waals surface area contributed by atoms with Gasteiger partial charge >= 0.3 is 0 Å². The van der Waals surface area contributed by atoms with Crippen molar-refractivity contribution in [1.29, 1.82) is 0 Å². The number of nitrogens with one attached hydrogen (secondary N) is 1. The Morgan fingerprint density at radius 2 is 1.82 bits per heavy atom. The first kappa shape index (κ1) is 22.9. The van der Waals surface area contributed by atoms with Crippen molar-refractivity contribution in [2.24, 2.45) is 5.92 Å². The van der Waals surface area contributed by atoms with Gasteiger partial charge in [0.15, 0.2) is 5.69 Å². The highest BCUT2D eigenvalue weighted by atomic mass is 16.5. The van der Waals surface area contributed by atoms with Crippen molar-refractivity contribution in [2.75, 3.05) is 20.3 Å². The number of ether oxygens (including phenoxy) is 2. The number of morpholine rings is 1. The van der Waals surface area contributed by atoms with E-state index in [4.69, 9.17) is 14.6 Å². The number of amides is 1. The largest absolute Gasteiger partial charge is 0.497 e. The molecule has 2 aliphatic heterocycles. The zero-order chi connectivity index (χ0) is 23.7. The average molecular weight is 463 g/mol. The average Bonchev–Trinajstić information content (AvgIpc) is 3.18. The third-order valence-corrected chi connectivity index (χ3v) is 6.94. The maximum atomic E-state index is 13.3. The summed E-state index contributed by atoms with van der Waals surface area (Å²) in [4.78, 5) is 15.9. The number of rotatable bonds is 7. The Bertz CT molecular complexity index is 1130. The molecule has 1 unspecified atom stereocenters. The van der Waals surface area contributed by atoms with Crippen LogP contribution in [0.3, 0.4) is 0 Å². The highest BCUT2D eigenvalue weighted by Crippen LogP contribution is 2.30. The minimum absolute atomic E-state index is 0.0775. The second-order valence-corrected chi connectivity index (χ2v) is 9.95. The van der Waals surface area contributed by atoms with Gasteiger partial charge in [-0.3, -0.25) is 14.4 Å². The van der Waals surface area contributed by atoms with E-state index in [0.29, 0.717) is 24.8 Å². The molecule has 7 heteroatoms. The summed E-state index contributed by atoms with van der Waals surface area (Å²) in [6.07, 6.45) is 1.76. The van der Waals surface area contributed by atoms with E-state index in [9.17, 15) is 4.79 Å². The molecule has 0 saturated carbocycles. The van der Waals surface area contributed by atoms with Crippen LogP contribution in [0, 0.1) is 5.92 Å². The van der Waals surface area contributed by atoms with Crippen molar-refractivity contribution in [3.63, 3.8) is 0 Å². The van der Waals surface area contributed by atoms with Crippen molar-refractivity contribution in [3.05, 3.63) is 59.8 Å². The fourth-order valence-corrected chi connectivity index (χ4v) is 5.34. The molecular formula is C27H34N4O3. The Labute approximate surface area is 201 Å². The molecule has 1 amide bonds. The number of benzene rings is 2. The zero-order valence-electron chi connectivity index (χ0n) is 20.2. The highest BCUT2D eigenvalue weighted by molar-refractivity contribution is 6.05. The molecule has 34 heavy (non-hydrogen) atoms. The summed E-state index contributed by atoms with van der Waals surface area (Å²) in [7, 11) is 1.69. The summed E-state index contributed by atoms with van der Waals surface area (Å²) < 4.78 is 13.1. The Balaban J connectivity index is 1.29. The second-order valence-electron chi connectivity index (χ2n) is 9.95. The molecule has 2 aromatic carbocycles. The lowest BCUT2D eigenvalue weighted by atomic mass is 9.89. The van der Waals surface area contributed by atoms with Crippen LogP contribution in [0.15, 0.2) is 48.5 Å². The number of hydrogen-bond donors (Lipinski definition) is 1. The van der Waals surface area contributed by atoms with E-state index in [-0.39, 0.29) is 24.0 Å². The van der Waals surface area contributed by atoms with Gasteiger partial charge in [-0.15, -0.1) is 0 Å². The van der Waals surface area contributed by atoms with Gasteiger partial charge in [-0.05, 0) is 42.5 Å². The number of piperidine rings is 1. The first-order chi connectivity index (χ1) is 16.5. The van der Waals surface area contributed by atoms with Gasteiger partial charge in [0.25, 0.3) is 5.91 Å². The third-order valence-electron chi connectivity index (χ3n) is 6.94. The van der Waals surface area contributed by atoms with Crippen LogP contribution in [-0.4, -0.2) is 59.0 Å². The Morgan fingerprint density at radius 1 is 1.12 bits per heavy atom. The first-order valence-electron chi connectivity index (χ1n) is 12.2. The van der Waals surface area contributed by atoms with Crippen LogP contribution in [0.1, 0.15) is 42.7 Å². The van der Waals surface area contributed by atoms with Crippen LogP contribution in [0.2, 0.25) is 0 Å². The molecule has 1 aromatic heterocycles. The van der Waals surface area contributed by atoms with E-state index in [1.54, 1.807) is 7.11 Å². The third kappa shape index (κ3) is 4.68.